The third-order valence-corrected chi connectivity index (χ3v) is 6.93. The summed E-state index contributed by atoms with van der Waals surface area (Å²) in [5.74, 6) is 0.109. The highest BCUT2D eigenvalue weighted by Crippen LogP contribution is 2.46. The van der Waals surface area contributed by atoms with E-state index in [4.69, 9.17) is 5.11 Å². The normalized spacial score (nSPS) is 21.3. The van der Waals surface area contributed by atoms with Gasteiger partial charge in [-0.05, 0) is 76.0 Å². The van der Waals surface area contributed by atoms with Crippen molar-refractivity contribution < 1.29 is 20.1 Å². The van der Waals surface area contributed by atoms with E-state index in [1.165, 1.54) is 24.8 Å². The molecule has 1 aromatic rings. The van der Waals surface area contributed by atoms with Crippen molar-refractivity contribution in [2.24, 2.45) is 11.8 Å². The first-order chi connectivity index (χ1) is 15.2. The molecule has 0 aliphatic heterocycles. The largest absolute Gasteiger partial charge is 0.507 e. The van der Waals surface area contributed by atoms with E-state index < -0.39 is 5.97 Å². The number of phenolic OH excluding ortho intramolecular Hbond substituents is 2. The Kier molecular flexibility index (Phi) is 10.3. The molecule has 0 aromatic heterocycles. The molecule has 1 saturated carbocycles. The maximum Gasteiger partial charge on any atom is 0.306 e. The predicted octanol–water partition coefficient (Wildman–Crippen LogP) is 7.50. The van der Waals surface area contributed by atoms with Crippen molar-refractivity contribution >= 4 is 5.97 Å². The number of aromatic hydroxyl groups is 2. The van der Waals surface area contributed by atoms with Gasteiger partial charge in [-0.15, -0.1) is 0 Å². The van der Waals surface area contributed by atoms with Crippen molar-refractivity contribution in [2.75, 3.05) is 0 Å². The molecule has 3 rings (SSSR count). The molecule has 4 heteroatoms. The summed E-state index contributed by atoms with van der Waals surface area (Å²) < 4.78 is 0. The van der Waals surface area contributed by atoms with Crippen molar-refractivity contribution in [3.05, 3.63) is 47.1 Å². The molecule has 3 N–H and O–H groups in total. The number of carboxylic acids is 1. The standard InChI is InChI=1S/C21H30O2.C7H12O2/c1-5-6-7-8-16-12-19(22)21(20(23)13-16)18-11-15(4)9-10-17(18)14(2)3;8-7(9)6-4-2-1-3-5-6/h11-13,17-18,22-23H,2,5-10H2,1,3-4H3;6H,1-5H2,(H,8,9)/t17-,18+;/m0./s1. The summed E-state index contributed by atoms with van der Waals surface area (Å²) in [7, 11) is 0. The van der Waals surface area contributed by atoms with Gasteiger partial charge in [0, 0.05) is 11.5 Å². The lowest BCUT2D eigenvalue weighted by atomic mass is 9.73. The van der Waals surface area contributed by atoms with Gasteiger partial charge in [0.1, 0.15) is 11.5 Å². The summed E-state index contributed by atoms with van der Waals surface area (Å²) in [5, 5.41) is 29.6. The van der Waals surface area contributed by atoms with Gasteiger partial charge in [-0.3, -0.25) is 4.79 Å². The van der Waals surface area contributed by atoms with Gasteiger partial charge in [-0.2, -0.15) is 0 Å². The number of aryl methyl sites for hydroxylation is 1. The van der Waals surface area contributed by atoms with Crippen LogP contribution in [0.25, 0.3) is 0 Å². The number of unbranched alkanes of at least 4 members (excludes halogenated alkanes) is 2. The maximum absolute atomic E-state index is 10.5. The van der Waals surface area contributed by atoms with Gasteiger partial charge in [0.15, 0.2) is 0 Å². The lowest BCUT2D eigenvalue weighted by molar-refractivity contribution is -0.142. The highest BCUT2D eigenvalue weighted by Gasteiger charge is 2.30. The van der Waals surface area contributed by atoms with E-state index >= 15 is 0 Å². The zero-order valence-corrected chi connectivity index (χ0v) is 20.2. The molecule has 2 aliphatic rings. The second-order valence-corrected chi connectivity index (χ2v) is 9.71. The molecule has 2 aliphatic carbocycles. The molecule has 0 amide bonds. The van der Waals surface area contributed by atoms with Crippen LogP contribution >= 0.6 is 0 Å². The summed E-state index contributed by atoms with van der Waals surface area (Å²) in [6, 6.07) is 3.66. The molecule has 4 nitrogen and oxygen atoms in total. The average Bonchev–Trinajstić information content (AvgIpc) is 2.74. The van der Waals surface area contributed by atoms with Crippen LogP contribution in [0.4, 0.5) is 0 Å². The molecule has 178 valence electrons. The van der Waals surface area contributed by atoms with E-state index in [2.05, 4.69) is 26.5 Å². The third-order valence-electron chi connectivity index (χ3n) is 6.93. The van der Waals surface area contributed by atoms with Crippen molar-refractivity contribution in [3.63, 3.8) is 0 Å². The number of carbonyl (C=O) groups is 1. The average molecular weight is 443 g/mol. The quantitative estimate of drug-likeness (QED) is 0.302. The molecular weight excluding hydrogens is 400 g/mol. The van der Waals surface area contributed by atoms with E-state index in [9.17, 15) is 15.0 Å². The molecule has 0 unspecified atom stereocenters. The van der Waals surface area contributed by atoms with Crippen molar-refractivity contribution in [1.29, 1.82) is 0 Å². The Morgan fingerprint density at radius 3 is 2.19 bits per heavy atom. The topological polar surface area (TPSA) is 77.8 Å². The number of allylic oxidation sites excluding steroid dienone is 3. The van der Waals surface area contributed by atoms with Gasteiger partial charge in [-0.1, -0.05) is 62.8 Å². The number of phenols is 2. The van der Waals surface area contributed by atoms with E-state index in [-0.39, 0.29) is 29.3 Å². The van der Waals surface area contributed by atoms with E-state index in [0.29, 0.717) is 5.56 Å². The maximum atomic E-state index is 10.5. The first-order valence-electron chi connectivity index (χ1n) is 12.3. The SMILES string of the molecule is C=C(C)[C@@H]1CCC(C)=C[C@H]1c1c(O)cc(CCCCC)cc1O.O=C(O)C1CCCCC1. The fourth-order valence-electron chi connectivity index (χ4n) is 5.00. The lowest BCUT2D eigenvalue weighted by Crippen LogP contribution is -2.17. The second kappa shape index (κ2) is 12.7. The van der Waals surface area contributed by atoms with Gasteiger partial charge in [0.05, 0.1) is 5.92 Å². The van der Waals surface area contributed by atoms with E-state index in [1.54, 1.807) is 0 Å². The number of rotatable bonds is 7. The van der Waals surface area contributed by atoms with Crippen LogP contribution in [-0.2, 0) is 11.2 Å². The van der Waals surface area contributed by atoms with Gasteiger partial charge < -0.3 is 15.3 Å². The van der Waals surface area contributed by atoms with Gasteiger partial charge in [-0.25, -0.2) is 0 Å². The van der Waals surface area contributed by atoms with E-state index in [1.807, 2.05) is 19.1 Å². The van der Waals surface area contributed by atoms with E-state index in [0.717, 1.165) is 62.5 Å². The second-order valence-electron chi connectivity index (χ2n) is 9.71. The molecule has 32 heavy (non-hydrogen) atoms. The zero-order valence-electron chi connectivity index (χ0n) is 20.2. The number of carboxylic acid groups (broad SMARTS) is 1. The summed E-state index contributed by atoms with van der Waals surface area (Å²) in [6.07, 6.45) is 13.8. The Morgan fingerprint density at radius 2 is 1.69 bits per heavy atom. The van der Waals surface area contributed by atoms with Crippen LogP contribution in [0.2, 0.25) is 0 Å². The van der Waals surface area contributed by atoms with Crippen molar-refractivity contribution in [1.82, 2.24) is 0 Å². The van der Waals surface area contributed by atoms with Crippen LogP contribution in [0.15, 0.2) is 35.9 Å². The van der Waals surface area contributed by atoms with Gasteiger partial charge in [0.25, 0.3) is 0 Å². The highest BCUT2D eigenvalue weighted by molar-refractivity contribution is 5.69. The molecule has 2 atom stereocenters. The first kappa shape index (κ1) is 26.0. The minimum absolute atomic E-state index is 0.0194. The summed E-state index contributed by atoms with van der Waals surface area (Å²) in [4.78, 5) is 10.4. The minimum atomic E-state index is -0.602. The van der Waals surface area contributed by atoms with Gasteiger partial charge >= 0.3 is 5.97 Å². The molecule has 0 radical (unpaired) electrons. The van der Waals surface area contributed by atoms with Crippen LogP contribution in [0.5, 0.6) is 11.5 Å². The Labute approximate surface area is 194 Å². The number of hydrogen-bond donors (Lipinski definition) is 3. The number of aliphatic carboxylic acids is 1. The zero-order chi connectivity index (χ0) is 23.7. The summed E-state index contributed by atoms with van der Waals surface area (Å²) in [6.45, 7) is 10.4. The van der Waals surface area contributed by atoms with Crippen LogP contribution in [0.3, 0.4) is 0 Å². The number of benzene rings is 1. The third kappa shape index (κ3) is 7.43. The monoisotopic (exact) mass is 442 g/mol. The Balaban J connectivity index is 0.000000336. The highest BCUT2D eigenvalue weighted by atomic mass is 16.4. The van der Waals surface area contributed by atoms with Crippen LogP contribution in [0, 0.1) is 11.8 Å². The summed E-state index contributed by atoms with van der Waals surface area (Å²) in [5.41, 5.74) is 4.11. The first-order valence-corrected chi connectivity index (χ1v) is 12.3. The lowest BCUT2D eigenvalue weighted by Gasteiger charge is -2.31. The fourth-order valence-corrected chi connectivity index (χ4v) is 5.00. The Bertz CT molecular complexity index is 779. The predicted molar refractivity (Wildman–Crippen MR) is 131 cm³/mol. The Morgan fingerprint density at radius 1 is 1.06 bits per heavy atom. The van der Waals surface area contributed by atoms with Crippen LogP contribution < -0.4 is 0 Å². The fraction of sp³-hybridized carbons (Fsp3) is 0.607. The van der Waals surface area contributed by atoms with Crippen LogP contribution in [0.1, 0.15) is 102 Å². The molecule has 0 saturated heterocycles. The molecular formula is C28H42O4. The van der Waals surface area contributed by atoms with Crippen molar-refractivity contribution in [2.45, 2.75) is 97.3 Å². The molecule has 1 fully saturated rings. The van der Waals surface area contributed by atoms with Crippen LogP contribution in [-0.4, -0.2) is 21.3 Å². The van der Waals surface area contributed by atoms with Gasteiger partial charge in [0.2, 0.25) is 0 Å². The minimum Gasteiger partial charge on any atom is -0.507 e. The Hall–Kier alpha value is -2.23. The summed E-state index contributed by atoms with van der Waals surface area (Å²) >= 11 is 0. The molecule has 0 heterocycles. The smallest absolute Gasteiger partial charge is 0.306 e. The number of hydrogen-bond acceptors (Lipinski definition) is 3. The molecule has 1 aromatic carbocycles. The van der Waals surface area contributed by atoms with Crippen molar-refractivity contribution in [3.8, 4) is 11.5 Å². The molecule has 0 spiro atoms. The molecule has 0 bridgehead atoms.